The number of nitrogens with zero attached hydrogens (tertiary/aromatic N) is 2. The van der Waals surface area contributed by atoms with E-state index in [0.29, 0.717) is 39.7 Å². The summed E-state index contributed by atoms with van der Waals surface area (Å²) in [5.41, 5.74) is 1.47. The highest BCUT2D eigenvalue weighted by molar-refractivity contribution is 7.85. The molecule has 164 valence electrons. The van der Waals surface area contributed by atoms with Gasteiger partial charge in [-0.2, -0.15) is 0 Å². The van der Waals surface area contributed by atoms with Gasteiger partial charge in [-0.05, 0) is 63.2 Å². The second-order valence-corrected chi connectivity index (χ2v) is 9.43. The van der Waals surface area contributed by atoms with E-state index in [4.69, 9.17) is 0 Å². The van der Waals surface area contributed by atoms with Crippen LogP contribution in [0.3, 0.4) is 0 Å². The molecule has 0 spiro atoms. The molecule has 1 atom stereocenters. The van der Waals surface area contributed by atoms with Gasteiger partial charge < -0.3 is 15.1 Å². The fourth-order valence-electron chi connectivity index (χ4n) is 4.31. The monoisotopic (exact) mass is 439 g/mol. The number of carbonyl (C=O) groups excluding carboxylic acids is 2. The number of amides is 2. The second-order valence-electron chi connectivity index (χ2n) is 8.01. The van der Waals surface area contributed by atoms with E-state index in [1.807, 2.05) is 6.92 Å². The molecule has 2 aromatic carbocycles. The van der Waals surface area contributed by atoms with Crippen LogP contribution >= 0.6 is 0 Å². The van der Waals surface area contributed by atoms with Crippen LogP contribution in [0.5, 0.6) is 0 Å². The van der Waals surface area contributed by atoms with Gasteiger partial charge >= 0.3 is 0 Å². The normalized spacial score (nSPS) is 19.2. The van der Waals surface area contributed by atoms with Gasteiger partial charge in [0.15, 0.2) is 0 Å². The van der Waals surface area contributed by atoms with Crippen LogP contribution in [0.4, 0.5) is 5.69 Å². The molecule has 31 heavy (non-hydrogen) atoms. The standard InChI is InChI=1S/C24H29N3O3S/c1-2-27-20-17-18(23(28)25-13-16-26-14-7-3-4-8-15-26)11-12-22(20)31(30)21-10-6-5-9-19(21)24(27)29/h5-6,9-12,17H,2-4,7-8,13-16H2,1H3,(H,25,28)/t31-/m0/s1. The van der Waals surface area contributed by atoms with Crippen molar-refractivity contribution in [3.8, 4) is 0 Å². The predicted molar refractivity (Wildman–Crippen MR) is 122 cm³/mol. The lowest BCUT2D eigenvalue weighted by molar-refractivity contribution is 0.0945. The van der Waals surface area contributed by atoms with Crippen LogP contribution in [0.2, 0.25) is 0 Å². The van der Waals surface area contributed by atoms with E-state index >= 15 is 0 Å². The van der Waals surface area contributed by atoms with Gasteiger partial charge in [-0.1, -0.05) is 25.0 Å². The van der Waals surface area contributed by atoms with Crippen molar-refractivity contribution in [2.75, 3.05) is 37.6 Å². The van der Waals surface area contributed by atoms with Gasteiger partial charge in [0.25, 0.3) is 11.8 Å². The first-order valence-corrected chi connectivity index (χ1v) is 12.2. The summed E-state index contributed by atoms with van der Waals surface area (Å²) in [6, 6.07) is 12.1. The van der Waals surface area contributed by atoms with Crippen molar-refractivity contribution < 1.29 is 13.8 Å². The summed E-state index contributed by atoms with van der Waals surface area (Å²) in [6.45, 7) is 5.92. The zero-order valence-corrected chi connectivity index (χ0v) is 18.7. The van der Waals surface area contributed by atoms with Gasteiger partial charge in [0.2, 0.25) is 0 Å². The van der Waals surface area contributed by atoms with Crippen LogP contribution in [0, 0.1) is 0 Å². The largest absolute Gasteiger partial charge is 0.351 e. The molecule has 2 heterocycles. The minimum Gasteiger partial charge on any atom is -0.351 e. The molecule has 0 aliphatic carbocycles. The number of nitrogens with one attached hydrogen (secondary N) is 1. The number of benzene rings is 2. The summed E-state index contributed by atoms with van der Waals surface area (Å²) < 4.78 is 13.2. The Morgan fingerprint density at radius 2 is 1.77 bits per heavy atom. The number of rotatable bonds is 5. The fraction of sp³-hybridized carbons (Fsp3) is 0.417. The lowest BCUT2D eigenvalue weighted by Gasteiger charge is -2.22. The molecule has 0 radical (unpaired) electrons. The summed E-state index contributed by atoms with van der Waals surface area (Å²) in [5, 5.41) is 3.00. The Morgan fingerprint density at radius 1 is 1.03 bits per heavy atom. The maximum atomic E-state index is 13.2. The second kappa shape index (κ2) is 9.75. The van der Waals surface area contributed by atoms with Crippen LogP contribution in [-0.4, -0.2) is 53.6 Å². The Balaban J connectivity index is 1.53. The number of hydrogen-bond acceptors (Lipinski definition) is 4. The van der Waals surface area contributed by atoms with Crippen LogP contribution in [0.15, 0.2) is 52.3 Å². The van der Waals surface area contributed by atoms with E-state index in [1.165, 1.54) is 25.7 Å². The lowest BCUT2D eigenvalue weighted by atomic mass is 10.1. The summed E-state index contributed by atoms with van der Waals surface area (Å²) in [5.74, 6) is -0.363. The predicted octanol–water partition coefficient (Wildman–Crippen LogP) is 3.44. The van der Waals surface area contributed by atoms with E-state index < -0.39 is 10.8 Å². The molecule has 0 saturated carbocycles. The molecule has 4 rings (SSSR count). The third kappa shape index (κ3) is 4.57. The average molecular weight is 440 g/mol. The van der Waals surface area contributed by atoms with Crippen molar-refractivity contribution in [2.45, 2.75) is 42.4 Å². The quantitative estimate of drug-likeness (QED) is 0.775. The highest BCUT2D eigenvalue weighted by Crippen LogP contribution is 2.35. The first-order valence-electron chi connectivity index (χ1n) is 11.1. The van der Waals surface area contributed by atoms with Gasteiger partial charge in [0.1, 0.15) is 0 Å². The molecule has 2 amide bonds. The molecular formula is C24H29N3O3S. The molecule has 1 N–H and O–H groups in total. The SMILES string of the molecule is CCN1C(=O)c2ccccc2[S@](=O)c2ccc(C(=O)NCCN3CCCCCC3)cc21. The van der Waals surface area contributed by atoms with Gasteiger partial charge in [0.05, 0.1) is 31.8 Å². The van der Waals surface area contributed by atoms with Crippen LogP contribution in [0.1, 0.15) is 53.3 Å². The Hall–Kier alpha value is -2.51. The van der Waals surface area contributed by atoms with Crippen LogP contribution < -0.4 is 10.2 Å². The summed E-state index contributed by atoms with van der Waals surface area (Å²) in [7, 11) is -1.48. The molecule has 7 heteroatoms. The zero-order valence-electron chi connectivity index (χ0n) is 17.9. The van der Waals surface area contributed by atoms with Crippen molar-refractivity contribution >= 4 is 28.3 Å². The fourth-order valence-corrected chi connectivity index (χ4v) is 5.65. The van der Waals surface area contributed by atoms with Crippen LogP contribution in [-0.2, 0) is 10.8 Å². The van der Waals surface area contributed by atoms with Gasteiger partial charge in [-0.25, -0.2) is 4.21 Å². The summed E-state index contributed by atoms with van der Waals surface area (Å²) in [4.78, 5) is 31.0. The van der Waals surface area contributed by atoms with E-state index in [0.717, 1.165) is 19.6 Å². The Morgan fingerprint density at radius 3 is 2.52 bits per heavy atom. The van der Waals surface area contributed by atoms with Crippen molar-refractivity contribution in [1.29, 1.82) is 0 Å². The number of hydrogen-bond donors (Lipinski definition) is 1. The number of anilines is 1. The molecule has 0 bridgehead atoms. The van der Waals surface area contributed by atoms with Crippen molar-refractivity contribution in [2.24, 2.45) is 0 Å². The minimum atomic E-state index is -1.48. The Labute approximate surface area is 186 Å². The van der Waals surface area contributed by atoms with Crippen molar-refractivity contribution in [3.05, 3.63) is 53.6 Å². The Bertz CT molecular complexity index is 999. The molecule has 2 aromatic rings. The highest BCUT2D eigenvalue weighted by Gasteiger charge is 2.30. The molecule has 1 fully saturated rings. The van der Waals surface area contributed by atoms with E-state index in [-0.39, 0.29) is 11.8 Å². The number of fused-ring (bicyclic) bond motifs is 2. The third-order valence-corrected chi connectivity index (χ3v) is 7.50. The number of carbonyl (C=O) groups is 2. The molecule has 0 aromatic heterocycles. The minimum absolute atomic E-state index is 0.173. The number of likely N-dealkylation sites (tertiary alicyclic amines) is 1. The maximum Gasteiger partial charge on any atom is 0.259 e. The Kier molecular flexibility index (Phi) is 6.83. The molecule has 2 aliphatic heterocycles. The van der Waals surface area contributed by atoms with E-state index in [9.17, 15) is 13.8 Å². The van der Waals surface area contributed by atoms with E-state index in [1.54, 1.807) is 47.4 Å². The summed E-state index contributed by atoms with van der Waals surface area (Å²) in [6.07, 6.45) is 5.02. The maximum absolute atomic E-state index is 13.2. The summed E-state index contributed by atoms with van der Waals surface area (Å²) >= 11 is 0. The van der Waals surface area contributed by atoms with Crippen molar-refractivity contribution in [1.82, 2.24) is 10.2 Å². The molecule has 2 aliphatic rings. The molecule has 1 saturated heterocycles. The lowest BCUT2D eigenvalue weighted by Crippen LogP contribution is -2.35. The molecular weight excluding hydrogens is 410 g/mol. The van der Waals surface area contributed by atoms with Gasteiger partial charge in [-0.3, -0.25) is 9.59 Å². The smallest absolute Gasteiger partial charge is 0.259 e. The topological polar surface area (TPSA) is 69.7 Å². The van der Waals surface area contributed by atoms with E-state index in [2.05, 4.69) is 10.2 Å². The zero-order chi connectivity index (χ0) is 21.8. The van der Waals surface area contributed by atoms with Crippen LogP contribution in [0.25, 0.3) is 0 Å². The molecule has 6 nitrogen and oxygen atoms in total. The van der Waals surface area contributed by atoms with Crippen molar-refractivity contribution in [3.63, 3.8) is 0 Å². The third-order valence-electron chi connectivity index (χ3n) is 6.00. The highest BCUT2D eigenvalue weighted by atomic mass is 32.2. The van der Waals surface area contributed by atoms with Gasteiger partial charge in [0, 0.05) is 25.2 Å². The average Bonchev–Trinajstić information content (AvgIpc) is 3.11. The first-order chi connectivity index (χ1) is 15.1. The first kappa shape index (κ1) is 21.7. The van der Waals surface area contributed by atoms with Gasteiger partial charge in [-0.15, -0.1) is 0 Å². The molecule has 0 unspecified atom stereocenters.